The Balaban J connectivity index is 2.70. The van der Waals surface area contributed by atoms with Crippen LogP contribution < -0.4 is 16.0 Å². The zero-order valence-electron chi connectivity index (χ0n) is 12.6. The number of likely N-dealkylation sites (N-methyl/N-ethyl adjacent to an activating group) is 2. The van der Waals surface area contributed by atoms with Gasteiger partial charge in [0, 0.05) is 38.8 Å². The van der Waals surface area contributed by atoms with E-state index in [1.165, 1.54) is 0 Å². The zero-order chi connectivity index (χ0) is 14.4. The highest BCUT2D eigenvalue weighted by molar-refractivity contribution is 5.49. The third-order valence-corrected chi connectivity index (χ3v) is 2.64. The minimum absolute atomic E-state index is 0.116. The lowest BCUT2D eigenvalue weighted by Gasteiger charge is -2.21. The molecular formula is C13H26N6. The smallest absolute Gasteiger partial charge is 0.134 e. The molecule has 1 heterocycles. The van der Waals surface area contributed by atoms with Gasteiger partial charge in [-0.25, -0.2) is 9.97 Å². The standard InChI is InChI=1S/C13H26N6/c1-10(14)9-19(5)13-8-12(16-11(2)17-13)15-6-7-18(3)4/h8,10H,6-7,9,14H2,1-5H3,(H,15,16,17). The van der Waals surface area contributed by atoms with Gasteiger partial charge in [0.15, 0.2) is 0 Å². The summed E-state index contributed by atoms with van der Waals surface area (Å²) in [4.78, 5) is 13.0. The number of hydrogen-bond donors (Lipinski definition) is 2. The van der Waals surface area contributed by atoms with Gasteiger partial charge in [-0.1, -0.05) is 0 Å². The summed E-state index contributed by atoms with van der Waals surface area (Å²) >= 11 is 0. The molecule has 1 atom stereocenters. The van der Waals surface area contributed by atoms with Crippen molar-refractivity contribution in [3.05, 3.63) is 11.9 Å². The van der Waals surface area contributed by atoms with E-state index in [1.54, 1.807) is 0 Å². The predicted octanol–water partition coefficient (Wildman–Crippen LogP) is 0.542. The van der Waals surface area contributed by atoms with Gasteiger partial charge in [0.25, 0.3) is 0 Å². The summed E-state index contributed by atoms with van der Waals surface area (Å²) in [6, 6.07) is 2.08. The van der Waals surface area contributed by atoms with Crippen molar-refractivity contribution in [2.75, 3.05) is 51.0 Å². The fourth-order valence-electron chi connectivity index (χ4n) is 1.77. The summed E-state index contributed by atoms with van der Waals surface area (Å²) in [5.41, 5.74) is 5.81. The van der Waals surface area contributed by atoms with Crippen LogP contribution in [0.15, 0.2) is 6.07 Å². The number of nitrogens with one attached hydrogen (secondary N) is 1. The Labute approximate surface area is 116 Å². The minimum atomic E-state index is 0.116. The van der Waals surface area contributed by atoms with Crippen molar-refractivity contribution in [3.8, 4) is 0 Å². The third kappa shape index (κ3) is 5.85. The Hall–Kier alpha value is -1.40. The molecule has 0 aliphatic heterocycles. The summed E-state index contributed by atoms with van der Waals surface area (Å²) in [6.07, 6.45) is 0. The van der Waals surface area contributed by atoms with Crippen LogP contribution in [0, 0.1) is 6.92 Å². The summed E-state index contributed by atoms with van der Waals surface area (Å²) in [6.45, 7) is 6.49. The molecule has 0 fully saturated rings. The molecule has 0 saturated heterocycles. The monoisotopic (exact) mass is 266 g/mol. The minimum Gasteiger partial charge on any atom is -0.369 e. The number of aromatic nitrogens is 2. The second kappa shape index (κ2) is 7.25. The van der Waals surface area contributed by atoms with E-state index in [2.05, 4.69) is 39.2 Å². The largest absolute Gasteiger partial charge is 0.369 e. The summed E-state index contributed by atoms with van der Waals surface area (Å²) in [5, 5.41) is 3.31. The molecule has 0 aliphatic rings. The predicted molar refractivity (Wildman–Crippen MR) is 80.7 cm³/mol. The lowest BCUT2D eigenvalue weighted by molar-refractivity contribution is 0.425. The Morgan fingerprint density at radius 1 is 1.32 bits per heavy atom. The van der Waals surface area contributed by atoms with Crippen LogP contribution in [-0.4, -0.2) is 61.7 Å². The van der Waals surface area contributed by atoms with Crippen LogP contribution in [0.1, 0.15) is 12.7 Å². The van der Waals surface area contributed by atoms with E-state index in [-0.39, 0.29) is 6.04 Å². The van der Waals surface area contributed by atoms with Gasteiger partial charge >= 0.3 is 0 Å². The highest BCUT2D eigenvalue weighted by atomic mass is 15.2. The van der Waals surface area contributed by atoms with E-state index >= 15 is 0 Å². The third-order valence-electron chi connectivity index (χ3n) is 2.64. The number of hydrogen-bond acceptors (Lipinski definition) is 6. The van der Waals surface area contributed by atoms with Gasteiger partial charge in [0.2, 0.25) is 0 Å². The number of aryl methyl sites for hydroxylation is 1. The molecule has 19 heavy (non-hydrogen) atoms. The molecule has 0 aliphatic carbocycles. The van der Waals surface area contributed by atoms with E-state index < -0.39 is 0 Å². The zero-order valence-corrected chi connectivity index (χ0v) is 12.6. The maximum atomic E-state index is 5.81. The fourth-order valence-corrected chi connectivity index (χ4v) is 1.77. The molecule has 0 aromatic carbocycles. The number of anilines is 2. The summed E-state index contributed by atoms with van der Waals surface area (Å²) in [5.74, 6) is 2.53. The average Bonchev–Trinajstić information content (AvgIpc) is 2.26. The lowest BCUT2D eigenvalue weighted by atomic mass is 10.3. The fraction of sp³-hybridized carbons (Fsp3) is 0.692. The molecular weight excluding hydrogens is 240 g/mol. The Morgan fingerprint density at radius 2 is 2.00 bits per heavy atom. The molecule has 0 amide bonds. The first kappa shape index (κ1) is 15.7. The molecule has 1 unspecified atom stereocenters. The van der Waals surface area contributed by atoms with Crippen LogP contribution >= 0.6 is 0 Å². The van der Waals surface area contributed by atoms with E-state index in [9.17, 15) is 0 Å². The molecule has 0 bridgehead atoms. The van der Waals surface area contributed by atoms with Gasteiger partial charge in [-0.15, -0.1) is 0 Å². The van der Waals surface area contributed by atoms with Crippen molar-refractivity contribution in [1.29, 1.82) is 0 Å². The molecule has 0 spiro atoms. The second-order valence-corrected chi connectivity index (χ2v) is 5.25. The number of nitrogens with zero attached hydrogens (tertiary/aromatic N) is 4. The van der Waals surface area contributed by atoms with Crippen molar-refractivity contribution >= 4 is 11.6 Å². The molecule has 3 N–H and O–H groups in total. The van der Waals surface area contributed by atoms with Crippen LogP contribution in [0.3, 0.4) is 0 Å². The highest BCUT2D eigenvalue weighted by Gasteiger charge is 2.08. The molecule has 1 aromatic heterocycles. The Morgan fingerprint density at radius 3 is 2.58 bits per heavy atom. The van der Waals surface area contributed by atoms with Gasteiger partial charge in [-0.2, -0.15) is 0 Å². The summed E-state index contributed by atoms with van der Waals surface area (Å²) < 4.78 is 0. The first-order valence-corrected chi connectivity index (χ1v) is 6.59. The number of rotatable bonds is 7. The summed E-state index contributed by atoms with van der Waals surface area (Å²) in [7, 11) is 6.10. The topological polar surface area (TPSA) is 70.3 Å². The van der Waals surface area contributed by atoms with E-state index in [1.807, 2.05) is 27.0 Å². The highest BCUT2D eigenvalue weighted by Crippen LogP contribution is 2.14. The lowest BCUT2D eigenvalue weighted by Crippen LogP contribution is -2.33. The quantitative estimate of drug-likeness (QED) is 0.751. The van der Waals surface area contributed by atoms with Gasteiger partial charge in [-0.05, 0) is 27.9 Å². The van der Waals surface area contributed by atoms with Crippen molar-refractivity contribution < 1.29 is 0 Å². The van der Waals surface area contributed by atoms with E-state index in [0.717, 1.165) is 37.1 Å². The normalized spacial score (nSPS) is 12.6. The molecule has 108 valence electrons. The van der Waals surface area contributed by atoms with Crippen molar-refractivity contribution in [2.45, 2.75) is 19.9 Å². The van der Waals surface area contributed by atoms with Crippen molar-refractivity contribution in [1.82, 2.24) is 14.9 Å². The van der Waals surface area contributed by atoms with Crippen LogP contribution in [0.2, 0.25) is 0 Å². The van der Waals surface area contributed by atoms with Gasteiger partial charge in [0.05, 0.1) is 0 Å². The van der Waals surface area contributed by atoms with Crippen molar-refractivity contribution in [3.63, 3.8) is 0 Å². The molecule has 1 rings (SSSR count). The molecule has 6 heteroatoms. The van der Waals surface area contributed by atoms with Gasteiger partial charge < -0.3 is 20.9 Å². The van der Waals surface area contributed by atoms with Crippen molar-refractivity contribution in [2.24, 2.45) is 5.73 Å². The second-order valence-electron chi connectivity index (χ2n) is 5.25. The first-order valence-electron chi connectivity index (χ1n) is 6.59. The van der Waals surface area contributed by atoms with Gasteiger partial charge in [0.1, 0.15) is 17.5 Å². The van der Waals surface area contributed by atoms with E-state index in [4.69, 9.17) is 5.73 Å². The van der Waals surface area contributed by atoms with Crippen LogP contribution in [0.5, 0.6) is 0 Å². The van der Waals surface area contributed by atoms with Crippen LogP contribution in [0.4, 0.5) is 11.6 Å². The molecule has 1 aromatic rings. The number of nitrogens with two attached hydrogens (primary N) is 1. The Kier molecular flexibility index (Phi) is 5.98. The average molecular weight is 266 g/mol. The van der Waals surface area contributed by atoms with E-state index in [0.29, 0.717) is 0 Å². The maximum Gasteiger partial charge on any atom is 0.134 e. The van der Waals surface area contributed by atoms with Crippen LogP contribution in [-0.2, 0) is 0 Å². The molecule has 6 nitrogen and oxygen atoms in total. The van der Waals surface area contributed by atoms with Crippen LogP contribution in [0.25, 0.3) is 0 Å². The SMILES string of the molecule is Cc1nc(NCCN(C)C)cc(N(C)CC(C)N)n1. The maximum absolute atomic E-state index is 5.81. The first-order chi connectivity index (χ1) is 8.88. The molecule has 0 saturated carbocycles. The van der Waals surface area contributed by atoms with Gasteiger partial charge in [-0.3, -0.25) is 0 Å². The Bertz CT molecular complexity index is 391. The molecule has 0 radical (unpaired) electrons.